The van der Waals surface area contributed by atoms with Crippen LogP contribution in [0.5, 0.6) is 0 Å². The van der Waals surface area contributed by atoms with Crippen molar-refractivity contribution in [3.63, 3.8) is 0 Å². The van der Waals surface area contributed by atoms with Crippen LogP contribution in [0.2, 0.25) is 0 Å². The van der Waals surface area contributed by atoms with Crippen molar-refractivity contribution in [3.8, 4) is 0 Å². The number of nitrogens with one attached hydrogen (secondary N) is 2. The van der Waals surface area contributed by atoms with E-state index in [1.54, 1.807) is 12.1 Å². The summed E-state index contributed by atoms with van der Waals surface area (Å²) in [6, 6.07) is 6.31. The maximum absolute atomic E-state index is 11.9. The molecule has 2 amide bonds. The Morgan fingerprint density at radius 3 is 2.73 bits per heavy atom. The Labute approximate surface area is 128 Å². The Balaban J connectivity index is 1.93. The van der Waals surface area contributed by atoms with Gasteiger partial charge in [-0.05, 0) is 25.0 Å². The molecule has 1 aromatic carbocycles. The Morgan fingerprint density at radius 2 is 2.05 bits per heavy atom. The van der Waals surface area contributed by atoms with E-state index in [0.29, 0.717) is 13.2 Å². The van der Waals surface area contributed by atoms with Gasteiger partial charge in [0.05, 0.1) is 24.5 Å². The zero-order chi connectivity index (χ0) is 15.9. The van der Waals surface area contributed by atoms with Gasteiger partial charge in [-0.1, -0.05) is 12.1 Å². The van der Waals surface area contributed by atoms with Crippen molar-refractivity contribution in [2.24, 2.45) is 0 Å². The molecule has 1 fully saturated rings. The molecule has 1 saturated heterocycles. The molecule has 118 valence electrons. The van der Waals surface area contributed by atoms with Crippen LogP contribution in [0.1, 0.15) is 23.2 Å². The predicted molar refractivity (Wildman–Crippen MR) is 78.4 cm³/mol. The van der Waals surface area contributed by atoms with Crippen LogP contribution in [0.15, 0.2) is 24.3 Å². The number of hydrogen-bond donors (Lipinski definition) is 2. The summed E-state index contributed by atoms with van der Waals surface area (Å²) in [6.45, 7) is 0.976. The van der Waals surface area contributed by atoms with Crippen molar-refractivity contribution in [1.29, 1.82) is 0 Å². The summed E-state index contributed by atoms with van der Waals surface area (Å²) < 4.78 is 9.99. The number of esters is 1. The van der Waals surface area contributed by atoms with Gasteiger partial charge in [-0.25, -0.2) is 4.79 Å². The van der Waals surface area contributed by atoms with Crippen LogP contribution in [0, 0.1) is 0 Å². The van der Waals surface area contributed by atoms with Gasteiger partial charge in [-0.15, -0.1) is 0 Å². The standard InChI is InChI=1S/C15H18N2O5/c1-21-15(20)11-6-2-3-7-12(11)17-14(19)13(18)16-9-10-5-4-8-22-10/h2-3,6-7,10H,4-5,8-9H2,1H3,(H,16,18)(H,17,19)/t10-/m0/s1. The summed E-state index contributed by atoms with van der Waals surface area (Å²) in [7, 11) is 1.25. The van der Waals surface area contributed by atoms with Gasteiger partial charge in [0.15, 0.2) is 0 Å². The van der Waals surface area contributed by atoms with Gasteiger partial charge in [-0.2, -0.15) is 0 Å². The fourth-order valence-electron chi connectivity index (χ4n) is 2.15. The second kappa shape index (κ2) is 7.56. The third-order valence-corrected chi connectivity index (χ3v) is 3.30. The van der Waals surface area contributed by atoms with Crippen LogP contribution >= 0.6 is 0 Å². The van der Waals surface area contributed by atoms with E-state index < -0.39 is 17.8 Å². The topological polar surface area (TPSA) is 93.7 Å². The third-order valence-electron chi connectivity index (χ3n) is 3.30. The van der Waals surface area contributed by atoms with Gasteiger partial charge >= 0.3 is 17.8 Å². The molecule has 1 aliphatic rings. The zero-order valence-electron chi connectivity index (χ0n) is 12.3. The molecule has 0 unspecified atom stereocenters. The average Bonchev–Trinajstić information content (AvgIpc) is 3.05. The fourth-order valence-corrected chi connectivity index (χ4v) is 2.15. The number of anilines is 1. The van der Waals surface area contributed by atoms with Gasteiger partial charge in [0.25, 0.3) is 0 Å². The van der Waals surface area contributed by atoms with Gasteiger partial charge in [-0.3, -0.25) is 9.59 Å². The molecular weight excluding hydrogens is 288 g/mol. The van der Waals surface area contributed by atoms with Gasteiger partial charge < -0.3 is 20.1 Å². The van der Waals surface area contributed by atoms with E-state index in [1.165, 1.54) is 19.2 Å². The second-order valence-corrected chi connectivity index (χ2v) is 4.84. The first-order valence-corrected chi connectivity index (χ1v) is 7.00. The van der Waals surface area contributed by atoms with Crippen LogP contribution in [-0.4, -0.2) is 44.1 Å². The number of para-hydroxylation sites is 1. The summed E-state index contributed by atoms with van der Waals surface area (Å²) in [5.41, 5.74) is 0.414. The van der Waals surface area contributed by atoms with Gasteiger partial charge in [0.1, 0.15) is 0 Å². The lowest BCUT2D eigenvalue weighted by Crippen LogP contribution is -2.39. The molecule has 7 heteroatoms. The van der Waals surface area contributed by atoms with Crippen molar-refractivity contribution in [1.82, 2.24) is 5.32 Å². The van der Waals surface area contributed by atoms with Crippen LogP contribution in [0.3, 0.4) is 0 Å². The number of ether oxygens (including phenoxy) is 2. The average molecular weight is 306 g/mol. The second-order valence-electron chi connectivity index (χ2n) is 4.84. The first-order valence-electron chi connectivity index (χ1n) is 7.00. The van der Waals surface area contributed by atoms with Crippen molar-refractivity contribution in [3.05, 3.63) is 29.8 Å². The number of benzene rings is 1. The maximum atomic E-state index is 11.9. The molecule has 0 spiro atoms. The molecule has 1 aromatic rings. The summed E-state index contributed by atoms with van der Waals surface area (Å²) in [6.07, 6.45) is 1.78. The molecule has 2 rings (SSSR count). The van der Waals surface area contributed by atoms with E-state index in [1.807, 2.05) is 0 Å². The number of carbonyl (C=O) groups is 3. The first-order chi connectivity index (χ1) is 10.6. The molecule has 0 radical (unpaired) electrons. The minimum Gasteiger partial charge on any atom is -0.465 e. The molecule has 1 heterocycles. The number of amides is 2. The molecule has 22 heavy (non-hydrogen) atoms. The SMILES string of the molecule is COC(=O)c1ccccc1NC(=O)C(=O)NC[C@@H]1CCCO1. The molecule has 2 N–H and O–H groups in total. The minimum atomic E-state index is -0.839. The summed E-state index contributed by atoms with van der Waals surface area (Å²) in [5.74, 6) is -2.19. The highest BCUT2D eigenvalue weighted by atomic mass is 16.5. The Bertz CT molecular complexity index is 567. The highest BCUT2D eigenvalue weighted by molar-refractivity contribution is 6.40. The predicted octanol–water partition coefficient (Wildman–Crippen LogP) is 0.707. The van der Waals surface area contributed by atoms with Crippen molar-refractivity contribution >= 4 is 23.5 Å². The third kappa shape index (κ3) is 4.05. The first kappa shape index (κ1) is 16.0. The largest absolute Gasteiger partial charge is 0.465 e. The fraction of sp³-hybridized carbons (Fsp3) is 0.400. The number of hydrogen-bond acceptors (Lipinski definition) is 5. The lowest BCUT2D eigenvalue weighted by atomic mass is 10.2. The van der Waals surface area contributed by atoms with E-state index >= 15 is 0 Å². The molecule has 7 nitrogen and oxygen atoms in total. The Hall–Kier alpha value is -2.41. The van der Waals surface area contributed by atoms with E-state index in [2.05, 4.69) is 15.4 Å². The van der Waals surface area contributed by atoms with E-state index in [0.717, 1.165) is 12.8 Å². The zero-order valence-corrected chi connectivity index (χ0v) is 12.3. The van der Waals surface area contributed by atoms with Gasteiger partial charge in [0.2, 0.25) is 0 Å². The molecule has 1 aliphatic heterocycles. The normalized spacial score (nSPS) is 16.9. The Kier molecular flexibility index (Phi) is 5.48. The van der Waals surface area contributed by atoms with Crippen molar-refractivity contribution < 1.29 is 23.9 Å². The summed E-state index contributed by atoms with van der Waals surface area (Å²) in [5, 5.41) is 4.92. The highest BCUT2D eigenvalue weighted by Gasteiger charge is 2.21. The van der Waals surface area contributed by atoms with Crippen LogP contribution < -0.4 is 10.6 Å². The highest BCUT2D eigenvalue weighted by Crippen LogP contribution is 2.16. The van der Waals surface area contributed by atoms with Crippen LogP contribution in [0.4, 0.5) is 5.69 Å². The molecule has 0 saturated carbocycles. The van der Waals surface area contributed by atoms with Crippen LogP contribution in [0.25, 0.3) is 0 Å². The Morgan fingerprint density at radius 1 is 1.27 bits per heavy atom. The molecule has 0 bridgehead atoms. The smallest absolute Gasteiger partial charge is 0.339 e. The minimum absolute atomic E-state index is 0.0425. The molecular formula is C15H18N2O5. The molecule has 0 aliphatic carbocycles. The quantitative estimate of drug-likeness (QED) is 0.631. The number of rotatable bonds is 4. The van der Waals surface area contributed by atoms with E-state index in [4.69, 9.17) is 4.74 Å². The number of methoxy groups -OCH3 is 1. The monoisotopic (exact) mass is 306 g/mol. The lowest BCUT2D eigenvalue weighted by molar-refractivity contribution is -0.136. The maximum Gasteiger partial charge on any atom is 0.339 e. The van der Waals surface area contributed by atoms with E-state index in [9.17, 15) is 14.4 Å². The van der Waals surface area contributed by atoms with Crippen LogP contribution in [-0.2, 0) is 19.1 Å². The van der Waals surface area contributed by atoms with Gasteiger partial charge in [0, 0.05) is 13.2 Å². The summed E-state index contributed by atoms with van der Waals surface area (Å²) in [4.78, 5) is 35.2. The number of carbonyl (C=O) groups excluding carboxylic acids is 3. The van der Waals surface area contributed by atoms with Crippen molar-refractivity contribution in [2.75, 3.05) is 25.6 Å². The molecule has 0 aromatic heterocycles. The van der Waals surface area contributed by atoms with Crippen molar-refractivity contribution in [2.45, 2.75) is 18.9 Å². The summed E-state index contributed by atoms with van der Waals surface area (Å²) >= 11 is 0. The van der Waals surface area contributed by atoms with E-state index in [-0.39, 0.29) is 17.4 Å². The lowest BCUT2D eigenvalue weighted by Gasteiger charge is -2.12. The molecule has 1 atom stereocenters.